The van der Waals surface area contributed by atoms with Gasteiger partial charge in [0.2, 0.25) is 0 Å². The Balaban J connectivity index is 2.36. The first-order valence-electron chi connectivity index (χ1n) is 6.91. The lowest BCUT2D eigenvalue weighted by atomic mass is 9.76. The summed E-state index contributed by atoms with van der Waals surface area (Å²) in [6.07, 6.45) is 0. The van der Waals surface area contributed by atoms with Crippen molar-refractivity contribution in [3.8, 4) is 0 Å². The third kappa shape index (κ3) is 3.04. The van der Waals surface area contributed by atoms with E-state index >= 15 is 0 Å². The molecule has 0 bridgehead atoms. The van der Waals surface area contributed by atoms with Crippen molar-refractivity contribution in [3.05, 3.63) is 28.8 Å². The maximum atomic E-state index is 6.15. The normalized spacial score (nSPS) is 20.7. The molecule has 0 unspecified atom stereocenters. The maximum absolute atomic E-state index is 6.15. The van der Waals surface area contributed by atoms with Crippen molar-refractivity contribution >= 4 is 24.2 Å². The van der Waals surface area contributed by atoms with Crippen LogP contribution in [0.15, 0.2) is 18.2 Å². The molecule has 20 heavy (non-hydrogen) atoms. The minimum atomic E-state index is -0.367. The summed E-state index contributed by atoms with van der Waals surface area (Å²) in [4.78, 5) is 2.12. The van der Waals surface area contributed by atoms with E-state index in [2.05, 4.69) is 32.6 Å². The van der Waals surface area contributed by atoms with Crippen LogP contribution in [0.1, 0.15) is 33.3 Å². The van der Waals surface area contributed by atoms with Gasteiger partial charge >= 0.3 is 7.12 Å². The molecule has 5 heteroatoms. The standard InChI is InChI=1S/C15H23BClNO2/c1-14(2)15(3,4)20-16(19-14)13-9-12(17)8-7-11(13)10-18(5)6/h7-9H,10H2,1-6H3. The van der Waals surface area contributed by atoms with Crippen LogP contribution in [-0.2, 0) is 15.9 Å². The van der Waals surface area contributed by atoms with E-state index in [0.717, 1.165) is 12.0 Å². The van der Waals surface area contributed by atoms with E-state index in [-0.39, 0.29) is 18.3 Å². The Morgan fingerprint density at radius 2 is 1.65 bits per heavy atom. The predicted molar refractivity (Wildman–Crippen MR) is 84.6 cm³/mol. The monoisotopic (exact) mass is 295 g/mol. The average Bonchev–Trinajstić information content (AvgIpc) is 2.50. The zero-order valence-electron chi connectivity index (χ0n) is 13.2. The first-order valence-corrected chi connectivity index (χ1v) is 7.29. The van der Waals surface area contributed by atoms with Crippen LogP contribution in [0.3, 0.4) is 0 Å². The summed E-state index contributed by atoms with van der Waals surface area (Å²) in [5.74, 6) is 0. The first-order chi connectivity index (χ1) is 9.12. The molecule has 1 aliphatic heterocycles. The molecule has 0 atom stereocenters. The van der Waals surface area contributed by atoms with E-state index in [9.17, 15) is 0 Å². The van der Waals surface area contributed by atoms with Crippen LogP contribution in [-0.4, -0.2) is 37.3 Å². The second-order valence-electron chi connectivity index (χ2n) is 6.67. The van der Waals surface area contributed by atoms with Gasteiger partial charge in [0.25, 0.3) is 0 Å². The van der Waals surface area contributed by atoms with E-state index < -0.39 is 0 Å². The molecule has 0 amide bonds. The fourth-order valence-corrected chi connectivity index (χ4v) is 2.42. The van der Waals surface area contributed by atoms with Gasteiger partial charge in [-0.2, -0.15) is 0 Å². The lowest BCUT2D eigenvalue weighted by molar-refractivity contribution is 0.00578. The molecule has 1 fully saturated rings. The van der Waals surface area contributed by atoms with Gasteiger partial charge in [0, 0.05) is 11.6 Å². The zero-order chi connectivity index (χ0) is 15.1. The molecular formula is C15H23BClNO2. The highest BCUT2D eigenvalue weighted by Crippen LogP contribution is 2.36. The van der Waals surface area contributed by atoms with Crippen molar-refractivity contribution in [2.75, 3.05) is 14.1 Å². The number of benzene rings is 1. The fraction of sp³-hybridized carbons (Fsp3) is 0.600. The second kappa shape index (κ2) is 5.34. The van der Waals surface area contributed by atoms with E-state index in [4.69, 9.17) is 20.9 Å². The Morgan fingerprint density at radius 1 is 1.10 bits per heavy atom. The lowest BCUT2D eigenvalue weighted by Crippen LogP contribution is -2.41. The molecule has 0 saturated carbocycles. The highest BCUT2D eigenvalue weighted by molar-refractivity contribution is 6.63. The van der Waals surface area contributed by atoms with Crippen LogP contribution in [0.5, 0.6) is 0 Å². The Morgan fingerprint density at radius 3 is 2.15 bits per heavy atom. The summed E-state index contributed by atoms with van der Waals surface area (Å²) in [5, 5.41) is 0.706. The number of hydrogen-bond acceptors (Lipinski definition) is 3. The quantitative estimate of drug-likeness (QED) is 0.800. The minimum Gasteiger partial charge on any atom is -0.399 e. The molecule has 1 aliphatic rings. The fourth-order valence-electron chi connectivity index (χ4n) is 2.24. The molecule has 0 radical (unpaired) electrons. The van der Waals surface area contributed by atoms with Crippen LogP contribution in [0.4, 0.5) is 0 Å². The van der Waals surface area contributed by atoms with Gasteiger partial charge in [0.15, 0.2) is 0 Å². The number of rotatable bonds is 3. The molecule has 2 rings (SSSR count). The molecule has 1 heterocycles. The smallest absolute Gasteiger partial charge is 0.399 e. The Bertz CT molecular complexity index is 487. The highest BCUT2D eigenvalue weighted by Gasteiger charge is 2.52. The van der Waals surface area contributed by atoms with Crippen molar-refractivity contribution in [3.63, 3.8) is 0 Å². The third-order valence-corrected chi connectivity index (χ3v) is 4.34. The van der Waals surface area contributed by atoms with Crippen LogP contribution in [0.2, 0.25) is 5.02 Å². The zero-order valence-corrected chi connectivity index (χ0v) is 13.9. The molecule has 3 nitrogen and oxygen atoms in total. The van der Waals surface area contributed by atoms with E-state index in [1.807, 2.05) is 32.3 Å². The van der Waals surface area contributed by atoms with E-state index in [1.54, 1.807) is 0 Å². The molecule has 1 aromatic rings. The first kappa shape index (κ1) is 15.8. The van der Waals surface area contributed by atoms with Gasteiger partial charge in [-0.1, -0.05) is 17.7 Å². The largest absolute Gasteiger partial charge is 0.495 e. The van der Waals surface area contributed by atoms with Gasteiger partial charge in [-0.25, -0.2) is 0 Å². The molecule has 0 spiro atoms. The van der Waals surface area contributed by atoms with Gasteiger partial charge in [-0.3, -0.25) is 0 Å². The summed E-state index contributed by atoms with van der Waals surface area (Å²) >= 11 is 6.15. The number of nitrogens with zero attached hydrogens (tertiary/aromatic N) is 1. The summed E-state index contributed by atoms with van der Waals surface area (Å²) in [6, 6.07) is 5.90. The van der Waals surface area contributed by atoms with Gasteiger partial charge in [0.1, 0.15) is 0 Å². The third-order valence-electron chi connectivity index (χ3n) is 4.10. The summed E-state index contributed by atoms with van der Waals surface area (Å²) in [6.45, 7) is 9.06. The molecule has 1 saturated heterocycles. The second-order valence-corrected chi connectivity index (χ2v) is 7.11. The maximum Gasteiger partial charge on any atom is 0.495 e. The van der Waals surface area contributed by atoms with Crippen LogP contribution < -0.4 is 5.46 Å². The van der Waals surface area contributed by atoms with Crippen molar-refractivity contribution < 1.29 is 9.31 Å². The Labute approximate surface area is 127 Å². The summed E-state index contributed by atoms with van der Waals surface area (Å²) in [7, 11) is 3.72. The summed E-state index contributed by atoms with van der Waals surface area (Å²) < 4.78 is 12.3. The lowest BCUT2D eigenvalue weighted by Gasteiger charge is -2.32. The van der Waals surface area contributed by atoms with Crippen molar-refractivity contribution in [2.24, 2.45) is 0 Å². The number of hydrogen-bond donors (Lipinski definition) is 0. The molecule has 1 aromatic carbocycles. The highest BCUT2D eigenvalue weighted by atomic mass is 35.5. The number of halogens is 1. The van der Waals surface area contributed by atoms with Gasteiger partial charge in [-0.15, -0.1) is 0 Å². The van der Waals surface area contributed by atoms with Gasteiger partial charge in [0.05, 0.1) is 11.2 Å². The SMILES string of the molecule is CN(C)Cc1ccc(Cl)cc1B1OC(C)(C)C(C)(C)O1. The van der Waals surface area contributed by atoms with Crippen LogP contribution >= 0.6 is 11.6 Å². The van der Waals surface area contributed by atoms with Crippen LogP contribution in [0.25, 0.3) is 0 Å². The molecule has 0 N–H and O–H groups in total. The average molecular weight is 296 g/mol. The summed E-state index contributed by atoms with van der Waals surface area (Å²) in [5.41, 5.74) is 1.52. The minimum absolute atomic E-state index is 0.338. The van der Waals surface area contributed by atoms with Crippen molar-refractivity contribution in [1.29, 1.82) is 0 Å². The van der Waals surface area contributed by atoms with Gasteiger partial charge < -0.3 is 14.2 Å². The molecule has 110 valence electrons. The van der Waals surface area contributed by atoms with Gasteiger partial charge in [-0.05, 0) is 64.9 Å². The molecule has 0 aromatic heterocycles. The van der Waals surface area contributed by atoms with E-state index in [1.165, 1.54) is 5.56 Å². The van der Waals surface area contributed by atoms with Crippen molar-refractivity contribution in [2.45, 2.75) is 45.4 Å². The topological polar surface area (TPSA) is 21.7 Å². The molecule has 0 aliphatic carbocycles. The Hall–Kier alpha value is -0.545. The Kier molecular flexibility index (Phi) is 4.23. The van der Waals surface area contributed by atoms with Crippen molar-refractivity contribution in [1.82, 2.24) is 4.90 Å². The molecular weight excluding hydrogens is 272 g/mol. The predicted octanol–water partition coefficient (Wildman–Crippen LogP) is 2.70. The van der Waals surface area contributed by atoms with E-state index in [0.29, 0.717) is 5.02 Å². The van der Waals surface area contributed by atoms with Crippen LogP contribution in [0, 0.1) is 0 Å².